The molecule has 0 saturated heterocycles. The molecule has 0 heterocycles. The van der Waals surface area contributed by atoms with E-state index in [0.717, 1.165) is 6.54 Å². The van der Waals surface area contributed by atoms with Crippen LogP contribution in [0.5, 0.6) is 0 Å². The van der Waals surface area contributed by atoms with Gasteiger partial charge in [-0.05, 0) is 18.5 Å². The molecule has 2 unspecified atom stereocenters. The van der Waals surface area contributed by atoms with Gasteiger partial charge >= 0.3 is 0 Å². The van der Waals surface area contributed by atoms with Crippen molar-refractivity contribution in [3.8, 4) is 0 Å². The highest BCUT2D eigenvalue weighted by Crippen LogP contribution is 2.26. The zero-order valence-electron chi connectivity index (χ0n) is 11.0. The summed E-state index contributed by atoms with van der Waals surface area (Å²) in [5.74, 6) is 0.143. The Bertz CT molecular complexity index is 341. The number of methoxy groups -OCH3 is 1. The van der Waals surface area contributed by atoms with Crippen LogP contribution < -0.4 is 5.32 Å². The average Bonchev–Trinajstić information content (AvgIpc) is 2.29. The van der Waals surface area contributed by atoms with Crippen molar-refractivity contribution < 1.29 is 9.13 Å². The summed E-state index contributed by atoms with van der Waals surface area (Å²) in [5, 5.41) is 3.31. The maximum atomic E-state index is 13.8. The first-order valence-corrected chi connectivity index (χ1v) is 6.12. The number of hydrogen-bond donors (Lipinski definition) is 1. The molecule has 0 amide bonds. The van der Waals surface area contributed by atoms with Crippen LogP contribution in [0.25, 0.3) is 0 Å². The molecule has 0 aliphatic carbocycles. The van der Waals surface area contributed by atoms with Gasteiger partial charge in [-0.2, -0.15) is 0 Å². The normalized spacial score (nSPS) is 14.9. The lowest BCUT2D eigenvalue weighted by Crippen LogP contribution is -2.37. The molecule has 1 rings (SSSR count). The van der Waals surface area contributed by atoms with Crippen LogP contribution in [0.4, 0.5) is 4.39 Å². The molecule has 0 spiro atoms. The van der Waals surface area contributed by atoms with Gasteiger partial charge in [0.15, 0.2) is 0 Å². The fourth-order valence-corrected chi connectivity index (χ4v) is 2.14. The van der Waals surface area contributed by atoms with Gasteiger partial charge in [0.05, 0.1) is 12.1 Å². The molecule has 3 heteroatoms. The van der Waals surface area contributed by atoms with Crippen LogP contribution in [0.1, 0.15) is 32.4 Å². The number of benzene rings is 1. The number of likely N-dealkylation sites (N-methyl/N-ethyl adjacent to an activating group) is 1. The number of ether oxygens (including phenoxy) is 1. The summed E-state index contributed by atoms with van der Waals surface area (Å²) in [6.07, 6.45) is -0.0353. The Morgan fingerprint density at radius 3 is 2.41 bits per heavy atom. The van der Waals surface area contributed by atoms with Crippen molar-refractivity contribution in [2.24, 2.45) is 5.92 Å². The van der Waals surface area contributed by atoms with Crippen LogP contribution in [0.2, 0.25) is 0 Å². The first kappa shape index (κ1) is 14.1. The van der Waals surface area contributed by atoms with Crippen molar-refractivity contribution in [2.45, 2.75) is 32.9 Å². The minimum absolute atomic E-state index is 0.0353. The maximum absolute atomic E-state index is 13.8. The van der Waals surface area contributed by atoms with Crippen LogP contribution in [-0.4, -0.2) is 19.8 Å². The first-order valence-electron chi connectivity index (χ1n) is 6.12. The second-order valence-electron chi connectivity index (χ2n) is 4.50. The lowest BCUT2D eigenvalue weighted by molar-refractivity contribution is 0.0321. The van der Waals surface area contributed by atoms with Crippen LogP contribution in [0.3, 0.4) is 0 Å². The van der Waals surface area contributed by atoms with Gasteiger partial charge < -0.3 is 10.1 Å². The van der Waals surface area contributed by atoms with E-state index in [4.69, 9.17) is 4.74 Å². The fraction of sp³-hybridized carbons (Fsp3) is 0.571. The highest BCUT2D eigenvalue weighted by atomic mass is 19.1. The summed E-state index contributed by atoms with van der Waals surface area (Å²) in [6, 6.07) is 6.77. The molecule has 2 atom stereocenters. The maximum Gasteiger partial charge on any atom is 0.128 e. The first-order chi connectivity index (χ1) is 8.11. The predicted octanol–water partition coefficient (Wildman–Crippen LogP) is 3.15. The molecule has 1 aromatic carbocycles. The molecule has 96 valence electrons. The summed E-state index contributed by atoms with van der Waals surface area (Å²) in [4.78, 5) is 0. The Morgan fingerprint density at radius 1 is 1.29 bits per heavy atom. The van der Waals surface area contributed by atoms with Crippen LogP contribution in [0, 0.1) is 11.7 Å². The smallest absolute Gasteiger partial charge is 0.128 e. The van der Waals surface area contributed by atoms with E-state index < -0.39 is 0 Å². The zero-order chi connectivity index (χ0) is 12.8. The molecular weight excluding hydrogens is 217 g/mol. The molecule has 0 saturated carbocycles. The second kappa shape index (κ2) is 6.72. The van der Waals surface area contributed by atoms with Gasteiger partial charge in [0.1, 0.15) is 5.82 Å². The van der Waals surface area contributed by atoms with Crippen LogP contribution in [0.15, 0.2) is 24.3 Å². The lowest BCUT2D eigenvalue weighted by Gasteiger charge is -2.30. The van der Waals surface area contributed by atoms with Crippen molar-refractivity contribution in [2.75, 3.05) is 13.7 Å². The monoisotopic (exact) mass is 239 g/mol. The van der Waals surface area contributed by atoms with Crippen LogP contribution in [-0.2, 0) is 4.74 Å². The summed E-state index contributed by atoms with van der Waals surface area (Å²) < 4.78 is 19.3. The number of nitrogens with one attached hydrogen (secondary N) is 1. The Labute approximate surface area is 103 Å². The molecule has 0 aliphatic rings. The van der Waals surface area contributed by atoms with Crippen molar-refractivity contribution in [1.29, 1.82) is 0 Å². The lowest BCUT2D eigenvalue weighted by atomic mass is 9.93. The minimum atomic E-state index is -0.179. The van der Waals surface area contributed by atoms with Gasteiger partial charge in [-0.15, -0.1) is 0 Å². The van der Waals surface area contributed by atoms with Crippen molar-refractivity contribution in [3.05, 3.63) is 35.6 Å². The van der Waals surface area contributed by atoms with Crippen molar-refractivity contribution >= 4 is 0 Å². The van der Waals surface area contributed by atoms with Gasteiger partial charge in [-0.3, -0.25) is 0 Å². The van der Waals surface area contributed by atoms with Crippen molar-refractivity contribution in [3.63, 3.8) is 0 Å². The SMILES string of the molecule is CCNC(c1ccccc1F)C(OC)C(C)C. The fourth-order valence-electron chi connectivity index (χ4n) is 2.14. The largest absolute Gasteiger partial charge is 0.379 e. The Kier molecular flexibility index (Phi) is 5.59. The third kappa shape index (κ3) is 3.51. The third-order valence-corrected chi connectivity index (χ3v) is 2.92. The van der Waals surface area contributed by atoms with E-state index in [9.17, 15) is 4.39 Å². The van der Waals surface area contributed by atoms with Crippen molar-refractivity contribution in [1.82, 2.24) is 5.32 Å². The standard InChI is InChI=1S/C14H22FNO/c1-5-16-13(14(17-4)10(2)3)11-8-6-7-9-12(11)15/h6-10,13-14,16H,5H2,1-4H3. The number of hydrogen-bond acceptors (Lipinski definition) is 2. The van der Waals surface area contributed by atoms with Crippen LogP contribution >= 0.6 is 0 Å². The van der Waals surface area contributed by atoms with E-state index >= 15 is 0 Å². The Balaban J connectivity index is 3.03. The van der Waals surface area contributed by atoms with E-state index in [-0.39, 0.29) is 18.0 Å². The van der Waals surface area contributed by atoms with E-state index in [1.807, 2.05) is 19.1 Å². The molecule has 17 heavy (non-hydrogen) atoms. The second-order valence-corrected chi connectivity index (χ2v) is 4.50. The Morgan fingerprint density at radius 2 is 1.94 bits per heavy atom. The molecule has 1 aromatic rings. The molecule has 2 nitrogen and oxygen atoms in total. The average molecular weight is 239 g/mol. The number of halogens is 1. The van der Waals surface area contributed by atoms with Gasteiger partial charge in [0, 0.05) is 12.7 Å². The molecule has 0 fully saturated rings. The van der Waals surface area contributed by atoms with E-state index in [1.165, 1.54) is 6.07 Å². The third-order valence-electron chi connectivity index (χ3n) is 2.92. The van der Waals surface area contributed by atoms with E-state index in [1.54, 1.807) is 13.2 Å². The summed E-state index contributed by atoms with van der Waals surface area (Å²) >= 11 is 0. The quantitative estimate of drug-likeness (QED) is 0.823. The molecular formula is C14H22FNO. The van der Waals surface area contributed by atoms with Gasteiger partial charge in [-0.1, -0.05) is 39.0 Å². The van der Waals surface area contributed by atoms with Gasteiger partial charge in [0.2, 0.25) is 0 Å². The molecule has 0 aromatic heterocycles. The minimum Gasteiger partial charge on any atom is -0.379 e. The topological polar surface area (TPSA) is 21.3 Å². The molecule has 1 N–H and O–H groups in total. The molecule has 0 aliphatic heterocycles. The highest BCUT2D eigenvalue weighted by Gasteiger charge is 2.27. The summed E-state index contributed by atoms with van der Waals surface area (Å²) in [6.45, 7) is 6.96. The van der Waals surface area contributed by atoms with Gasteiger partial charge in [-0.25, -0.2) is 4.39 Å². The Hall–Kier alpha value is -0.930. The summed E-state index contributed by atoms with van der Waals surface area (Å²) in [7, 11) is 1.68. The van der Waals surface area contributed by atoms with E-state index in [0.29, 0.717) is 11.5 Å². The molecule has 0 bridgehead atoms. The zero-order valence-corrected chi connectivity index (χ0v) is 11.0. The number of rotatable bonds is 6. The summed E-state index contributed by atoms with van der Waals surface area (Å²) in [5.41, 5.74) is 0.676. The van der Waals surface area contributed by atoms with E-state index in [2.05, 4.69) is 19.2 Å². The van der Waals surface area contributed by atoms with Gasteiger partial charge in [0.25, 0.3) is 0 Å². The predicted molar refractivity (Wildman–Crippen MR) is 68.5 cm³/mol. The molecule has 0 radical (unpaired) electrons. The highest BCUT2D eigenvalue weighted by molar-refractivity contribution is 5.22.